The lowest BCUT2D eigenvalue weighted by atomic mass is 10.1. The van der Waals surface area contributed by atoms with Crippen molar-refractivity contribution in [3.63, 3.8) is 0 Å². The van der Waals surface area contributed by atoms with Crippen molar-refractivity contribution in [1.29, 1.82) is 0 Å². The second-order valence-corrected chi connectivity index (χ2v) is 6.00. The van der Waals surface area contributed by atoms with Gasteiger partial charge in [-0.1, -0.05) is 5.16 Å². The number of nitrogens with zero attached hydrogens (tertiary/aromatic N) is 4. The number of hydrogen-bond donors (Lipinski definition) is 0. The number of ether oxygens (including phenoxy) is 1. The van der Waals surface area contributed by atoms with E-state index in [4.69, 9.17) is 9.26 Å². The highest BCUT2D eigenvalue weighted by Crippen LogP contribution is 2.25. The van der Waals surface area contributed by atoms with Crippen molar-refractivity contribution in [2.45, 2.75) is 32.7 Å². The minimum Gasteiger partial charge on any atom is -0.381 e. The molecule has 7 heteroatoms. The van der Waals surface area contributed by atoms with E-state index in [2.05, 4.69) is 15.1 Å². The molecule has 1 atom stereocenters. The molecule has 0 unspecified atom stereocenters. The van der Waals surface area contributed by atoms with Gasteiger partial charge in [-0.15, -0.1) is 0 Å². The van der Waals surface area contributed by atoms with Crippen LogP contribution in [0.25, 0.3) is 22.5 Å². The van der Waals surface area contributed by atoms with Gasteiger partial charge in [0.05, 0.1) is 12.0 Å². The van der Waals surface area contributed by atoms with Crippen LogP contribution in [-0.2, 0) is 11.3 Å². The highest BCUT2D eigenvalue weighted by atomic mass is 16.5. The largest absolute Gasteiger partial charge is 0.381 e. The third-order valence-electron chi connectivity index (χ3n) is 4.37. The van der Waals surface area contributed by atoms with Crippen molar-refractivity contribution < 1.29 is 9.26 Å². The molecule has 0 amide bonds. The van der Waals surface area contributed by atoms with E-state index >= 15 is 0 Å². The van der Waals surface area contributed by atoms with E-state index in [1.54, 1.807) is 12.3 Å². The van der Waals surface area contributed by atoms with Gasteiger partial charge in [-0.2, -0.15) is 4.98 Å². The number of pyridine rings is 2. The Balaban J connectivity index is 1.86. The molecule has 0 spiro atoms. The van der Waals surface area contributed by atoms with Gasteiger partial charge in [-0.3, -0.25) is 4.79 Å². The number of fused-ring (bicyclic) bond motifs is 1. The fourth-order valence-corrected chi connectivity index (χ4v) is 3.00. The van der Waals surface area contributed by atoms with Crippen LogP contribution in [0.3, 0.4) is 0 Å². The molecule has 4 heterocycles. The summed E-state index contributed by atoms with van der Waals surface area (Å²) in [6.07, 6.45) is 2.62. The summed E-state index contributed by atoms with van der Waals surface area (Å²) in [6.45, 7) is 5.91. The number of aromatic nitrogens is 4. The average Bonchev–Trinajstić information content (AvgIpc) is 3.26. The first-order chi connectivity index (χ1) is 11.7. The van der Waals surface area contributed by atoms with Gasteiger partial charge < -0.3 is 13.8 Å². The van der Waals surface area contributed by atoms with Gasteiger partial charge in [-0.25, -0.2) is 4.98 Å². The summed E-state index contributed by atoms with van der Waals surface area (Å²) in [6, 6.07) is 3.64. The van der Waals surface area contributed by atoms with Crippen molar-refractivity contribution in [3.05, 3.63) is 40.1 Å². The van der Waals surface area contributed by atoms with Gasteiger partial charge in [0.25, 0.3) is 5.89 Å². The predicted octanol–water partition coefficient (Wildman–Crippen LogP) is 2.28. The van der Waals surface area contributed by atoms with E-state index in [1.165, 1.54) is 0 Å². The Hall–Kier alpha value is -2.54. The van der Waals surface area contributed by atoms with E-state index in [1.807, 2.05) is 24.5 Å². The van der Waals surface area contributed by atoms with Crippen molar-refractivity contribution in [1.82, 2.24) is 19.7 Å². The van der Waals surface area contributed by atoms with Gasteiger partial charge in [0, 0.05) is 31.0 Å². The van der Waals surface area contributed by atoms with Crippen LogP contribution in [0.15, 0.2) is 27.6 Å². The highest BCUT2D eigenvalue weighted by molar-refractivity contribution is 5.79. The summed E-state index contributed by atoms with van der Waals surface area (Å²) in [4.78, 5) is 21.8. The zero-order valence-electron chi connectivity index (χ0n) is 13.7. The fourth-order valence-electron chi connectivity index (χ4n) is 3.00. The molecule has 1 fully saturated rings. The zero-order valence-corrected chi connectivity index (χ0v) is 13.7. The maximum Gasteiger partial charge on any atom is 0.263 e. The molecule has 24 heavy (non-hydrogen) atoms. The first kappa shape index (κ1) is 15.0. The van der Waals surface area contributed by atoms with Crippen molar-refractivity contribution in [2.75, 3.05) is 13.2 Å². The Bertz CT molecular complexity index is 954. The Morgan fingerprint density at radius 1 is 1.33 bits per heavy atom. The Morgan fingerprint density at radius 2 is 2.21 bits per heavy atom. The number of aryl methyl sites for hydroxylation is 2. The van der Waals surface area contributed by atoms with Crippen LogP contribution < -0.4 is 5.43 Å². The lowest BCUT2D eigenvalue weighted by molar-refractivity contribution is 0.192. The summed E-state index contributed by atoms with van der Waals surface area (Å²) in [5.41, 5.74) is 1.82. The van der Waals surface area contributed by atoms with E-state index in [0.29, 0.717) is 42.2 Å². The topological polar surface area (TPSA) is 83.0 Å². The SMILES string of the molecule is CCn1cc(-c2nc([C@H]3CCOC3)no2)c(=O)c2ccc(C)nc21. The summed E-state index contributed by atoms with van der Waals surface area (Å²) in [5, 5.41) is 4.59. The monoisotopic (exact) mass is 326 g/mol. The Kier molecular flexibility index (Phi) is 3.65. The standard InChI is InChI=1S/C17H18N4O3/c1-3-21-8-13(14(22)12-5-4-10(2)18-16(12)21)17-19-15(20-24-17)11-6-7-23-9-11/h4-5,8,11H,3,6-7,9H2,1-2H3/t11-/m0/s1. The molecule has 3 aromatic rings. The maximum atomic E-state index is 12.8. The Labute approximate surface area is 138 Å². The van der Waals surface area contributed by atoms with Crippen LogP contribution in [0.1, 0.15) is 30.8 Å². The first-order valence-corrected chi connectivity index (χ1v) is 8.10. The third-order valence-corrected chi connectivity index (χ3v) is 4.37. The van der Waals surface area contributed by atoms with Crippen LogP contribution in [0, 0.1) is 6.92 Å². The lowest BCUT2D eigenvalue weighted by Crippen LogP contribution is -2.13. The second-order valence-electron chi connectivity index (χ2n) is 6.00. The third kappa shape index (κ3) is 2.41. The summed E-state index contributed by atoms with van der Waals surface area (Å²) < 4.78 is 12.7. The lowest BCUT2D eigenvalue weighted by Gasteiger charge is -2.09. The molecule has 4 rings (SSSR count). The number of rotatable bonds is 3. The van der Waals surface area contributed by atoms with Crippen LogP contribution in [0.4, 0.5) is 0 Å². The van der Waals surface area contributed by atoms with E-state index in [-0.39, 0.29) is 17.2 Å². The molecule has 1 aliphatic rings. The molecule has 1 saturated heterocycles. The molecule has 0 bridgehead atoms. The molecule has 0 aromatic carbocycles. The molecule has 7 nitrogen and oxygen atoms in total. The molecule has 0 aliphatic carbocycles. The smallest absolute Gasteiger partial charge is 0.263 e. The van der Waals surface area contributed by atoms with Crippen molar-refractivity contribution in [2.24, 2.45) is 0 Å². The Morgan fingerprint density at radius 3 is 2.96 bits per heavy atom. The molecule has 0 N–H and O–H groups in total. The summed E-state index contributed by atoms with van der Waals surface area (Å²) in [7, 11) is 0. The summed E-state index contributed by atoms with van der Waals surface area (Å²) >= 11 is 0. The van der Waals surface area contributed by atoms with Crippen LogP contribution >= 0.6 is 0 Å². The van der Waals surface area contributed by atoms with Gasteiger partial charge in [0.1, 0.15) is 11.2 Å². The van der Waals surface area contributed by atoms with Crippen LogP contribution in [-0.4, -0.2) is 32.9 Å². The first-order valence-electron chi connectivity index (χ1n) is 8.10. The van der Waals surface area contributed by atoms with E-state index < -0.39 is 0 Å². The number of hydrogen-bond acceptors (Lipinski definition) is 6. The molecular formula is C17H18N4O3. The van der Waals surface area contributed by atoms with Gasteiger partial charge >= 0.3 is 0 Å². The van der Waals surface area contributed by atoms with Gasteiger partial charge in [-0.05, 0) is 32.4 Å². The highest BCUT2D eigenvalue weighted by Gasteiger charge is 2.24. The quantitative estimate of drug-likeness (QED) is 0.734. The molecular weight excluding hydrogens is 308 g/mol. The minimum atomic E-state index is -0.139. The summed E-state index contributed by atoms with van der Waals surface area (Å²) in [5.74, 6) is 0.999. The molecule has 124 valence electrons. The van der Waals surface area contributed by atoms with Crippen LogP contribution in [0.2, 0.25) is 0 Å². The molecule has 0 radical (unpaired) electrons. The van der Waals surface area contributed by atoms with E-state index in [0.717, 1.165) is 12.1 Å². The fraction of sp³-hybridized carbons (Fsp3) is 0.412. The maximum absolute atomic E-state index is 12.8. The average molecular weight is 326 g/mol. The van der Waals surface area contributed by atoms with Crippen molar-refractivity contribution >= 4 is 11.0 Å². The van der Waals surface area contributed by atoms with Gasteiger partial charge in [0.15, 0.2) is 5.82 Å². The second kappa shape index (κ2) is 5.83. The van der Waals surface area contributed by atoms with Crippen LogP contribution in [0.5, 0.6) is 0 Å². The van der Waals surface area contributed by atoms with Crippen molar-refractivity contribution in [3.8, 4) is 11.5 Å². The minimum absolute atomic E-state index is 0.139. The van der Waals surface area contributed by atoms with Gasteiger partial charge in [0.2, 0.25) is 5.43 Å². The van der Waals surface area contributed by atoms with E-state index in [9.17, 15) is 4.79 Å². The molecule has 3 aromatic heterocycles. The predicted molar refractivity (Wildman–Crippen MR) is 87.9 cm³/mol. The normalized spacial score (nSPS) is 17.7. The molecule has 1 aliphatic heterocycles. The molecule has 0 saturated carbocycles. The zero-order chi connectivity index (χ0) is 16.7.